The number of carboxylic acids is 1. The smallest absolute Gasteiger partial charge is 0.317 e. The molecule has 18 nitrogen and oxygen atoms in total. The monoisotopic (exact) mass is 883 g/mol. The van der Waals surface area contributed by atoms with E-state index in [1.165, 1.54) is 0 Å². The van der Waals surface area contributed by atoms with Crippen LogP contribution in [-0.2, 0) is 38.4 Å². The lowest BCUT2D eigenvalue weighted by Crippen LogP contribution is -3.05. The quantitative estimate of drug-likeness (QED) is 0.0641. The Balaban J connectivity index is 1.12. The summed E-state index contributed by atoms with van der Waals surface area (Å²) >= 11 is 0. The van der Waals surface area contributed by atoms with Crippen molar-refractivity contribution >= 4 is 18.2 Å². The highest BCUT2D eigenvalue weighted by Crippen LogP contribution is 2.61. The van der Waals surface area contributed by atoms with Crippen molar-refractivity contribution in [1.82, 2.24) is 0 Å². The van der Waals surface area contributed by atoms with Crippen LogP contribution in [-0.4, -0.2) is 119 Å². The first-order valence-electron chi connectivity index (χ1n) is 21.5. The number of methoxy groups -OCH3 is 1. The number of carboxylic acid groups (broad SMARTS) is 1. The van der Waals surface area contributed by atoms with Gasteiger partial charge >= 0.3 is 11.9 Å². The number of carbonyl (C=O) groups excluding carboxylic acids is 1. The third-order valence-corrected chi connectivity index (χ3v) is 13.9. The summed E-state index contributed by atoms with van der Waals surface area (Å²) in [6.45, 7) is 0.832. The Hall–Kier alpha value is -5.57. The summed E-state index contributed by atoms with van der Waals surface area (Å²) in [5, 5.41) is 56.1. The van der Waals surface area contributed by atoms with Gasteiger partial charge in [0.1, 0.15) is 79.5 Å². The molecule has 0 spiro atoms. The van der Waals surface area contributed by atoms with Crippen LogP contribution in [0.5, 0.6) is 28.7 Å². The van der Waals surface area contributed by atoms with Crippen molar-refractivity contribution in [3.8, 4) is 28.7 Å². The molecular formula is C46H51N4O14+. The zero-order chi connectivity index (χ0) is 44.7. The van der Waals surface area contributed by atoms with Gasteiger partial charge in [0, 0.05) is 52.4 Å². The van der Waals surface area contributed by atoms with Crippen LogP contribution in [0.3, 0.4) is 0 Å². The van der Waals surface area contributed by atoms with Crippen molar-refractivity contribution in [2.75, 3.05) is 26.9 Å². The van der Waals surface area contributed by atoms with Crippen molar-refractivity contribution in [3.63, 3.8) is 0 Å². The third-order valence-electron chi connectivity index (χ3n) is 13.9. The molecule has 64 heavy (non-hydrogen) atoms. The summed E-state index contributed by atoms with van der Waals surface area (Å²) < 4.78 is 44.6. The zero-order valence-electron chi connectivity index (χ0n) is 34.9. The number of nitrogens with zero attached hydrogens (tertiary/aromatic N) is 1. The molecule has 0 aromatic heterocycles. The van der Waals surface area contributed by atoms with Crippen molar-refractivity contribution in [2.45, 2.75) is 98.7 Å². The molecule has 10 rings (SSSR count). The van der Waals surface area contributed by atoms with Gasteiger partial charge in [0.15, 0.2) is 23.2 Å². The van der Waals surface area contributed by atoms with Gasteiger partial charge in [0.2, 0.25) is 12.0 Å². The van der Waals surface area contributed by atoms with Crippen molar-refractivity contribution < 1.29 is 73.2 Å². The van der Waals surface area contributed by atoms with E-state index >= 15 is 0 Å². The van der Waals surface area contributed by atoms with Gasteiger partial charge in [-0.3, -0.25) is 19.5 Å². The van der Waals surface area contributed by atoms with E-state index in [1.54, 1.807) is 19.4 Å². The van der Waals surface area contributed by atoms with Crippen molar-refractivity contribution in [3.05, 3.63) is 99.9 Å². The zero-order valence-corrected chi connectivity index (χ0v) is 34.9. The third kappa shape index (κ3) is 6.82. The van der Waals surface area contributed by atoms with E-state index in [4.69, 9.17) is 44.6 Å². The number of ether oxygens (including phenoxy) is 7. The lowest BCUT2D eigenvalue weighted by molar-refractivity contribution is -0.851. The molecule has 1 saturated carbocycles. The molecule has 1 aliphatic carbocycles. The summed E-state index contributed by atoms with van der Waals surface area (Å²) in [6, 6.07) is 15.5. The summed E-state index contributed by atoms with van der Waals surface area (Å²) in [5.74, 6) is -1.71. The van der Waals surface area contributed by atoms with Gasteiger partial charge in [0.05, 0.1) is 25.8 Å². The van der Waals surface area contributed by atoms with E-state index in [-0.39, 0.29) is 38.4 Å². The molecule has 2 bridgehead atoms. The second-order valence-corrected chi connectivity index (χ2v) is 17.6. The molecule has 1 unspecified atom stereocenters. The highest BCUT2D eigenvalue weighted by Gasteiger charge is 2.71. The van der Waals surface area contributed by atoms with Crippen LogP contribution in [0.25, 0.3) is 0 Å². The van der Waals surface area contributed by atoms with E-state index in [1.807, 2.05) is 48.5 Å². The molecule has 11 atom stereocenters. The molecule has 6 aliphatic heterocycles. The number of hydrogen-bond donors (Lipinski definition) is 8. The minimum Gasteiger partial charge on any atom is -0.493 e. The SMILES string of the molecule is COc1ccc2c(c1OCCO)O[C@H]1c3c(cc4c(c3C[NH+]3C=C5N=CC=C5C3)C[C@H]3CC[C@@]5(O)[C@@H]([C@H](OC(=O)CC(=O)O)C(N)N)O[C@@H](O4)[C@]3(O)[C@H]5O)O[C@H](Cc3ccccc3)[C@@H]21. The molecule has 0 amide bonds. The molecular weight excluding hydrogens is 833 g/mol. The number of esters is 1. The summed E-state index contributed by atoms with van der Waals surface area (Å²) in [5.41, 5.74) is 13.9. The minimum atomic E-state index is -2.24. The number of carbonyl (C=O) groups is 2. The molecule has 0 radical (unpaired) electrons. The Morgan fingerprint density at radius 3 is 2.62 bits per heavy atom. The highest BCUT2D eigenvalue weighted by molar-refractivity contribution is 5.90. The number of hydrogen-bond acceptors (Lipinski definition) is 16. The summed E-state index contributed by atoms with van der Waals surface area (Å²) in [7, 11) is 1.54. The number of aliphatic hydroxyl groups excluding tert-OH is 2. The number of aliphatic hydroxyl groups is 4. The van der Waals surface area contributed by atoms with Gasteiger partial charge in [-0.25, -0.2) is 0 Å². The minimum absolute atomic E-state index is 0.00551. The number of nitrogens with two attached hydrogens (primary N) is 2. The number of aliphatic imine (C=N–C) groups is 1. The standard InChI is InChI=1S/C46H50N4O14/c1-58-29-8-7-25-35-31(15-22-5-3-2-4-6-22)60-32-17-30-26(27(20-50-19-23-10-12-49-28(23)21-50)36(32)39(35)63-37(25)38(29)59-14-13-51)16-24-9-11-45(56)41(64-44(61-30)46(24,57)43(45)55)40(42(47)48)62-34(54)18-33(52)53/h2-8,10,12,17,21,24,31,35,39-44,51,55-57H,9,11,13-16,18-20,47-48H2,1H3,(H,52,53)/p+1/t24-,31-,35-,39-,40+,41-,43+,44-,45-,46-/m1/s1. The molecule has 338 valence electrons. The lowest BCUT2D eigenvalue weighted by atomic mass is 9.60. The Bertz CT molecular complexity index is 2460. The van der Waals surface area contributed by atoms with Crippen LogP contribution in [0.2, 0.25) is 0 Å². The molecule has 1 saturated heterocycles. The van der Waals surface area contributed by atoms with Crippen LogP contribution in [0.4, 0.5) is 0 Å². The van der Waals surface area contributed by atoms with Gasteiger partial charge in [-0.2, -0.15) is 0 Å². The average Bonchev–Trinajstić information content (AvgIpc) is 3.96. The van der Waals surface area contributed by atoms with Gasteiger partial charge in [0.25, 0.3) is 0 Å². The van der Waals surface area contributed by atoms with Crippen molar-refractivity contribution in [2.24, 2.45) is 22.4 Å². The predicted octanol–water partition coefficient (Wildman–Crippen LogP) is 0.0609. The second kappa shape index (κ2) is 16.1. The van der Waals surface area contributed by atoms with Crippen LogP contribution in [0, 0.1) is 5.92 Å². The number of benzene rings is 3. The number of nitrogens with one attached hydrogen (secondary N) is 1. The molecule has 10 N–H and O–H groups in total. The number of allylic oxidation sites excluding steroid dienone is 1. The number of fused-ring (bicyclic) bond motifs is 8. The Morgan fingerprint density at radius 2 is 1.89 bits per heavy atom. The molecule has 7 aliphatic rings. The van der Waals surface area contributed by atoms with E-state index in [0.29, 0.717) is 53.8 Å². The largest absolute Gasteiger partial charge is 0.493 e. The first-order chi connectivity index (χ1) is 30.8. The first-order valence-corrected chi connectivity index (χ1v) is 21.5. The first kappa shape index (κ1) is 42.4. The van der Waals surface area contributed by atoms with E-state index in [2.05, 4.69) is 11.2 Å². The molecule has 18 heteroatoms. The molecule has 6 heterocycles. The topological polar surface area (TPSA) is 269 Å². The fraction of sp³-hybridized carbons (Fsp3) is 0.457. The number of aliphatic carboxylic acids is 1. The Labute approximate surface area is 367 Å². The van der Waals surface area contributed by atoms with Crippen LogP contribution in [0.15, 0.2) is 77.1 Å². The van der Waals surface area contributed by atoms with Gasteiger partial charge in [-0.1, -0.05) is 36.4 Å². The summed E-state index contributed by atoms with van der Waals surface area (Å²) in [6.07, 6.45) is -3.93. The Morgan fingerprint density at radius 1 is 1.08 bits per heavy atom. The van der Waals surface area contributed by atoms with Gasteiger partial charge < -0.3 is 70.2 Å². The molecule has 3 aromatic rings. The van der Waals surface area contributed by atoms with Crippen LogP contribution < -0.4 is 40.1 Å². The van der Waals surface area contributed by atoms with E-state index in [9.17, 15) is 35.1 Å². The number of rotatable bonds is 13. The predicted molar refractivity (Wildman–Crippen MR) is 223 cm³/mol. The fourth-order valence-corrected chi connectivity index (χ4v) is 11.0. The van der Waals surface area contributed by atoms with Crippen LogP contribution in [0.1, 0.15) is 59.1 Å². The van der Waals surface area contributed by atoms with Crippen LogP contribution >= 0.6 is 0 Å². The maximum atomic E-state index is 12.7. The molecule has 3 aromatic carbocycles. The maximum absolute atomic E-state index is 12.7. The average molecular weight is 884 g/mol. The van der Waals surface area contributed by atoms with Gasteiger partial charge in [-0.15, -0.1) is 0 Å². The molecule has 2 fully saturated rings. The number of quaternary nitrogens is 1. The second-order valence-electron chi connectivity index (χ2n) is 17.6. The maximum Gasteiger partial charge on any atom is 0.317 e. The fourth-order valence-electron chi connectivity index (χ4n) is 11.0. The normalized spacial score (nSPS) is 31.6. The van der Waals surface area contributed by atoms with Gasteiger partial charge in [-0.05, 0) is 37.0 Å². The van der Waals surface area contributed by atoms with E-state index < -0.39 is 78.5 Å². The van der Waals surface area contributed by atoms with Crippen molar-refractivity contribution in [1.29, 1.82) is 0 Å². The highest BCUT2D eigenvalue weighted by atomic mass is 16.7. The lowest BCUT2D eigenvalue weighted by Gasteiger charge is -2.60. The summed E-state index contributed by atoms with van der Waals surface area (Å²) in [4.78, 5) is 29.7. The Kier molecular flexibility index (Phi) is 10.7. The van der Waals surface area contributed by atoms with E-state index in [0.717, 1.165) is 38.4 Å².